The summed E-state index contributed by atoms with van der Waals surface area (Å²) in [5.41, 5.74) is 0. The molecule has 0 N–H and O–H groups in total. The van der Waals surface area contributed by atoms with E-state index in [0.717, 1.165) is 0 Å². The zero-order valence-electron chi connectivity index (χ0n) is 13.8. The van der Waals surface area contributed by atoms with Gasteiger partial charge in [0.2, 0.25) is 0 Å². The largest absolute Gasteiger partial charge is 0.392 e. The van der Waals surface area contributed by atoms with E-state index in [1.54, 1.807) is 0 Å². The lowest BCUT2D eigenvalue weighted by atomic mass is 9.59. The lowest BCUT2D eigenvalue weighted by Gasteiger charge is -2.51. The van der Waals surface area contributed by atoms with Crippen LogP contribution < -0.4 is 0 Å². The van der Waals surface area contributed by atoms with Crippen molar-refractivity contribution in [2.24, 2.45) is 29.6 Å². The third-order valence-corrected chi connectivity index (χ3v) is 6.30. The molecule has 2 aliphatic carbocycles. The Morgan fingerprint density at radius 3 is 1.92 bits per heavy atom. The normalized spacial score (nSPS) is 43.6. The van der Waals surface area contributed by atoms with Crippen LogP contribution >= 0.6 is 0 Å². The Morgan fingerprint density at radius 2 is 1.36 bits per heavy atom. The van der Waals surface area contributed by atoms with Crippen molar-refractivity contribution in [3.05, 3.63) is 0 Å². The number of ether oxygens (including phenoxy) is 1. The summed E-state index contributed by atoms with van der Waals surface area (Å²) >= 11 is 0. The highest BCUT2D eigenvalue weighted by Gasteiger charge is 2.60. The van der Waals surface area contributed by atoms with E-state index < -0.39 is 48.3 Å². The zero-order valence-corrected chi connectivity index (χ0v) is 13.8. The van der Waals surface area contributed by atoms with Crippen molar-refractivity contribution in [3.8, 4) is 0 Å². The maximum absolute atomic E-state index is 14.2. The van der Waals surface area contributed by atoms with Gasteiger partial charge < -0.3 is 4.74 Å². The van der Waals surface area contributed by atoms with Crippen molar-refractivity contribution in [1.29, 1.82) is 0 Å². The first-order chi connectivity index (χ1) is 11.6. The predicted octanol–water partition coefficient (Wildman–Crippen LogP) is 5.69. The molecule has 0 radical (unpaired) electrons. The van der Waals surface area contributed by atoms with E-state index >= 15 is 0 Å². The predicted molar refractivity (Wildman–Crippen MR) is 76.5 cm³/mol. The summed E-state index contributed by atoms with van der Waals surface area (Å²) in [5.74, 6) is -7.00. The minimum absolute atomic E-state index is 0.106. The van der Waals surface area contributed by atoms with E-state index in [4.69, 9.17) is 4.74 Å². The van der Waals surface area contributed by atoms with Crippen LogP contribution in [-0.2, 0) is 4.74 Å². The highest BCUT2D eigenvalue weighted by molar-refractivity contribution is 5.00. The molecule has 3 aliphatic rings. The molecule has 3 rings (SSSR count). The molecular formula is C17H23F7O. The fraction of sp³-hybridized carbons (Fsp3) is 1.00. The van der Waals surface area contributed by atoms with Crippen LogP contribution in [0.2, 0.25) is 0 Å². The second kappa shape index (κ2) is 6.89. The van der Waals surface area contributed by atoms with Crippen LogP contribution in [0, 0.1) is 29.6 Å². The van der Waals surface area contributed by atoms with Crippen molar-refractivity contribution in [1.82, 2.24) is 0 Å². The smallest absolute Gasteiger partial charge is 0.378 e. The molecule has 1 aliphatic heterocycles. The molecule has 1 saturated heterocycles. The Labute approximate surface area is 142 Å². The molecule has 0 amide bonds. The lowest BCUT2D eigenvalue weighted by molar-refractivity contribution is -0.267. The molecule has 0 aromatic carbocycles. The van der Waals surface area contributed by atoms with E-state index in [0.29, 0.717) is 19.4 Å². The molecule has 2 saturated carbocycles. The highest BCUT2D eigenvalue weighted by Crippen LogP contribution is 2.56. The summed E-state index contributed by atoms with van der Waals surface area (Å²) in [4.78, 5) is 0. The van der Waals surface area contributed by atoms with Gasteiger partial charge in [0.25, 0.3) is 0 Å². The average molecular weight is 376 g/mol. The monoisotopic (exact) mass is 376 g/mol. The summed E-state index contributed by atoms with van der Waals surface area (Å²) in [6.45, 7) is 0.328. The molecule has 0 aromatic rings. The van der Waals surface area contributed by atoms with Gasteiger partial charge in [-0.15, -0.1) is 0 Å². The molecule has 3 fully saturated rings. The Balaban J connectivity index is 1.96. The fourth-order valence-corrected chi connectivity index (χ4v) is 5.40. The molecule has 6 atom stereocenters. The average Bonchev–Trinajstić information content (AvgIpc) is 2.51. The zero-order chi connectivity index (χ0) is 18.4. The van der Waals surface area contributed by atoms with Gasteiger partial charge in [-0.2, -0.15) is 26.3 Å². The van der Waals surface area contributed by atoms with Crippen LogP contribution in [0.25, 0.3) is 0 Å². The first-order valence-electron chi connectivity index (χ1n) is 8.98. The molecule has 0 bridgehead atoms. The van der Waals surface area contributed by atoms with E-state index in [1.165, 1.54) is 0 Å². The van der Waals surface area contributed by atoms with Crippen LogP contribution in [-0.4, -0.2) is 31.2 Å². The molecule has 146 valence electrons. The number of hydrogen-bond donors (Lipinski definition) is 0. The summed E-state index contributed by atoms with van der Waals surface area (Å²) < 4.78 is 101. The third kappa shape index (κ3) is 3.93. The topological polar surface area (TPSA) is 9.23 Å². The molecule has 1 heterocycles. The standard InChI is InChI=1S/C17H23F7O/c18-10-7-9-3-2-6-25-15(9)11(8-10)14-12(16(19,20)21)4-1-5-13(14)17(22,23)24/h9-15H,1-8H2. The molecule has 1 nitrogen and oxygen atoms in total. The van der Waals surface area contributed by atoms with E-state index in [2.05, 4.69) is 0 Å². The van der Waals surface area contributed by atoms with Crippen molar-refractivity contribution in [2.75, 3.05) is 6.61 Å². The van der Waals surface area contributed by atoms with E-state index in [-0.39, 0.29) is 38.0 Å². The van der Waals surface area contributed by atoms with Gasteiger partial charge in [0.1, 0.15) is 6.17 Å². The van der Waals surface area contributed by atoms with Crippen LogP contribution in [0.15, 0.2) is 0 Å². The Kier molecular flexibility index (Phi) is 5.30. The maximum atomic E-state index is 14.2. The number of fused-ring (bicyclic) bond motifs is 1. The van der Waals surface area contributed by atoms with Crippen LogP contribution in [0.3, 0.4) is 0 Å². The molecule has 6 unspecified atom stereocenters. The van der Waals surface area contributed by atoms with Gasteiger partial charge in [-0.3, -0.25) is 0 Å². The Morgan fingerprint density at radius 1 is 0.760 bits per heavy atom. The molecule has 0 spiro atoms. The van der Waals surface area contributed by atoms with Gasteiger partial charge >= 0.3 is 12.4 Å². The van der Waals surface area contributed by atoms with Crippen LogP contribution in [0.4, 0.5) is 30.7 Å². The summed E-state index contributed by atoms with van der Waals surface area (Å²) in [5, 5.41) is 0. The van der Waals surface area contributed by atoms with Crippen LogP contribution in [0.5, 0.6) is 0 Å². The Bertz CT molecular complexity index is 439. The van der Waals surface area contributed by atoms with Gasteiger partial charge in [0.05, 0.1) is 17.9 Å². The van der Waals surface area contributed by atoms with Gasteiger partial charge in [-0.1, -0.05) is 6.42 Å². The molecular weight excluding hydrogens is 353 g/mol. The van der Waals surface area contributed by atoms with Crippen molar-refractivity contribution < 1.29 is 35.5 Å². The van der Waals surface area contributed by atoms with Crippen LogP contribution in [0.1, 0.15) is 44.9 Å². The first kappa shape index (κ1) is 19.2. The number of halogens is 7. The minimum Gasteiger partial charge on any atom is -0.378 e. The Hall–Kier alpha value is -0.530. The minimum atomic E-state index is -4.71. The molecule has 25 heavy (non-hydrogen) atoms. The SMILES string of the molecule is FC1CC2CCCOC2C(C2C(C(F)(F)F)CCCC2C(F)(F)F)C1. The van der Waals surface area contributed by atoms with Gasteiger partial charge in [-0.25, -0.2) is 4.39 Å². The van der Waals surface area contributed by atoms with E-state index in [9.17, 15) is 30.7 Å². The van der Waals surface area contributed by atoms with Crippen molar-refractivity contribution >= 4 is 0 Å². The summed E-state index contributed by atoms with van der Waals surface area (Å²) in [6.07, 6.45) is -11.0. The summed E-state index contributed by atoms with van der Waals surface area (Å²) in [7, 11) is 0. The van der Waals surface area contributed by atoms with E-state index in [1.807, 2.05) is 0 Å². The van der Waals surface area contributed by atoms with Gasteiger partial charge in [-0.05, 0) is 56.3 Å². The second-order valence-electron chi connectivity index (χ2n) is 7.77. The quantitative estimate of drug-likeness (QED) is 0.535. The molecule has 8 heteroatoms. The fourth-order valence-electron chi connectivity index (χ4n) is 5.40. The maximum Gasteiger partial charge on any atom is 0.392 e. The first-order valence-corrected chi connectivity index (χ1v) is 8.98. The number of rotatable bonds is 1. The number of alkyl halides is 7. The second-order valence-corrected chi connectivity index (χ2v) is 7.77. The third-order valence-electron chi connectivity index (χ3n) is 6.30. The van der Waals surface area contributed by atoms with Crippen molar-refractivity contribution in [2.45, 2.75) is 69.6 Å². The molecule has 0 aromatic heterocycles. The van der Waals surface area contributed by atoms with Gasteiger partial charge in [0.15, 0.2) is 0 Å². The van der Waals surface area contributed by atoms with Gasteiger partial charge in [0, 0.05) is 6.61 Å². The summed E-state index contributed by atoms with van der Waals surface area (Å²) in [6, 6.07) is 0. The van der Waals surface area contributed by atoms with Crippen molar-refractivity contribution in [3.63, 3.8) is 0 Å². The highest BCUT2D eigenvalue weighted by atomic mass is 19.4. The lowest BCUT2D eigenvalue weighted by Crippen LogP contribution is -2.54. The number of hydrogen-bond acceptors (Lipinski definition) is 1.